The molecule has 15 nitrogen and oxygen atoms in total. The minimum Gasteiger partial charge on any atom is -0.477 e. The molecule has 8 atom stereocenters. The third kappa shape index (κ3) is 4.65. The van der Waals surface area contributed by atoms with E-state index in [0.717, 1.165) is 0 Å². The fourth-order valence-electron chi connectivity index (χ4n) is 5.82. The molecule has 3 saturated heterocycles. The van der Waals surface area contributed by atoms with Crippen LogP contribution in [0.4, 0.5) is 0 Å². The fourth-order valence-corrected chi connectivity index (χ4v) is 7.30. The standard InChI is InChI=1S/C22H30N8O7S/c1-9-17-16(10(2)25-15(33)7-29-8-24-26-27-29)21(35)30(17)18(22(36)37)19(9)38-11-3-12(23-4-11)20(34)28-5-13(31)14(32)6-28/h8-14,16-17,23,31-32H,3-7H2,1-2H3,(H,25,33)(H,36,37)/t9-,10?,11+,12+,13-,14-,16-,17-/m1/s1. The molecule has 0 saturated carbocycles. The van der Waals surface area contributed by atoms with Gasteiger partial charge >= 0.3 is 5.97 Å². The van der Waals surface area contributed by atoms with Gasteiger partial charge in [-0.2, -0.15) is 0 Å². The number of aromatic nitrogens is 4. The van der Waals surface area contributed by atoms with Gasteiger partial charge in [0.05, 0.1) is 30.2 Å². The number of carboxylic acid groups (broad SMARTS) is 1. The second kappa shape index (κ2) is 10.2. The minimum absolute atomic E-state index is 0.0402. The Labute approximate surface area is 221 Å². The number of hydrogen-bond donors (Lipinski definition) is 5. The molecule has 3 amide bonds. The number of aliphatic hydroxyl groups is 2. The van der Waals surface area contributed by atoms with Crippen LogP contribution in [-0.2, 0) is 25.7 Å². The molecule has 0 radical (unpaired) electrons. The molecule has 1 aromatic heterocycles. The first-order valence-electron chi connectivity index (χ1n) is 12.4. The molecule has 1 unspecified atom stereocenters. The predicted octanol–water partition coefficient (Wildman–Crippen LogP) is -3.02. The van der Waals surface area contributed by atoms with Crippen LogP contribution >= 0.6 is 11.8 Å². The maximum atomic E-state index is 13.1. The molecule has 5 heterocycles. The third-order valence-electron chi connectivity index (χ3n) is 7.67. The Morgan fingerprint density at radius 3 is 2.61 bits per heavy atom. The highest BCUT2D eigenvalue weighted by molar-refractivity contribution is 8.03. The maximum absolute atomic E-state index is 13.1. The number of likely N-dealkylation sites (tertiary alicyclic amines) is 1. The van der Waals surface area contributed by atoms with Gasteiger partial charge in [-0.15, -0.1) is 16.9 Å². The number of aliphatic carboxylic acids is 1. The number of hydrogen-bond acceptors (Lipinski definition) is 11. The summed E-state index contributed by atoms with van der Waals surface area (Å²) < 4.78 is 1.26. The zero-order valence-electron chi connectivity index (χ0n) is 20.8. The number of β-lactam (4-membered cyclic amide) rings is 1. The van der Waals surface area contributed by atoms with E-state index in [9.17, 15) is 34.5 Å². The lowest BCUT2D eigenvalue weighted by Crippen LogP contribution is -2.66. The number of β-amino-alcohol motifs (C(OH)–C–C–N with tert-alkyl or cyclic N) is 2. The molecule has 16 heteroatoms. The van der Waals surface area contributed by atoms with Gasteiger partial charge in [0.25, 0.3) is 0 Å². The van der Waals surface area contributed by atoms with E-state index >= 15 is 0 Å². The van der Waals surface area contributed by atoms with Crippen molar-refractivity contribution in [1.29, 1.82) is 0 Å². The summed E-state index contributed by atoms with van der Waals surface area (Å²) in [4.78, 5) is 53.9. The van der Waals surface area contributed by atoms with Crippen molar-refractivity contribution in [3.63, 3.8) is 0 Å². The topological polar surface area (TPSA) is 203 Å². The van der Waals surface area contributed by atoms with E-state index < -0.39 is 42.2 Å². The number of rotatable bonds is 8. The highest BCUT2D eigenvalue weighted by Crippen LogP contribution is 2.51. The van der Waals surface area contributed by atoms with Gasteiger partial charge in [0.15, 0.2) is 0 Å². The Morgan fingerprint density at radius 1 is 1.26 bits per heavy atom. The number of thioether (sulfide) groups is 1. The lowest BCUT2D eigenvalue weighted by molar-refractivity contribution is -0.158. The Balaban J connectivity index is 1.23. The highest BCUT2D eigenvalue weighted by Gasteiger charge is 2.60. The molecule has 0 aliphatic carbocycles. The third-order valence-corrected chi connectivity index (χ3v) is 9.18. The van der Waals surface area contributed by atoms with Crippen molar-refractivity contribution in [2.24, 2.45) is 11.8 Å². The van der Waals surface area contributed by atoms with E-state index in [-0.39, 0.29) is 54.2 Å². The van der Waals surface area contributed by atoms with Crippen molar-refractivity contribution in [3.8, 4) is 0 Å². The summed E-state index contributed by atoms with van der Waals surface area (Å²) >= 11 is 1.36. The smallest absolute Gasteiger partial charge is 0.353 e. The van der Waals surface area contributed by atoms with Crippen molar-refractivity contribution < 1.29 is 34.5 Å². The van der Waals surface area contributed by atoms with Crippen LogP contribution in [-0.4, -0.2) is 124 Å². The van der Waals surface area contributed by atoms with E-state index in [1.807, 2.05) is 6.92 Å². The molecule has 4 aliphatic heterocycles. The van der Waals surface area contributed by atoms with Gasteiger partial charge in [0, 0.05) is 41.7 Å². The number of tetrazole rings is 1. The molecule has 3 fully saturated rings. The van der Waals surface area contributed by atoms with Crippen molar-refractivity contribution in [1.82, 2.24) is 40.6 Å². The fraction of sp³-hybridized carbons (Fsp3) is 0.682. The van der Waals surface area contributed by atoms with Crippen LogP contribution in [0.5, 0.6) is 0 Å². The second-order valence-corrected chi connectivity index (χ2v) is 11.6. The molecule has 1 aromatic rings. The van der Waals surface area contributed by atoms with Crippen LogP contribution in [0.3, 0.4) is 0 Å². The zero-order chi connectivity index (χ0) is 27.3. The van der Waals surface area contributed by atoms with Gasteiger partial charge < -0.3 is 35.8 Å². The number of carboxylic acids is 1. The van der Waals surface area contributed by atoms with E-state index in [1.165, 1.54) is 32.6 Å². The predicted molar refractivity (Wildman–Crippen MR) is 130 cm³/mol. The van der Waals surface area contributed by atoms with Crippen LogP contribution in [0, 0.1) is 11.8 Å². The summed E-state index contributed by atoms with van der Waals surface area (Å²) in [6.45, 7) is 4.11. The van der Waals surface area contributed by atoms with E-state index in [2.05, 4.69) is 26.2 Å². The van der Waals surface area contributed by atoms with Gasteiger partial charge in [0.2, 0.25) is 17.7 Å². The number of nitrogens with one attached hydrogen (secondary N) is 2. The molecule has 206 valence electrons. The lowest BCUT2D eigenvalue weighted by Gasteiger charge is -2.47. The normalized spacial score (nSPS) is 33.4. The first-order valence-corrected chi connectivity index (χ1v) is 13.3. The molecule has 4 aliphatic rings. The molecule has 5 rings (SSSR count). The van der Waals surface area contributed by atoms with Crippen molar-refractivity contribution in [2.75, 3.05) is 19.6 Å². The van der Waals surface area contributed by atoms with Crippen molar-refractivity contribution in [2.45, 2.75) is 62.4 Å². The Morgan fingerprint density at radius 2 is 1.97 bits per heavy atom. The molecule has 5 N–H and O–H groups in total. The average Bonchev–Trinajstić information content (AvgIpc) is 3.63. The Hall–Kier alpha value is -3.08. The van der Waals surface area contributed by atoms with Crippen LogP contribution in [0.25, 0.3) is 0 Å². The number of carbonyl (C=O) groups is 4. The van der Waals surface area contributed by atoms with E-state index in [1.54, 1.807) is 6.92 Å². The molecule has 0 bridgehead atoms. The zero-order valence-corrected chi connectivity index (χ0v) is 21.6. The summed E-state index contributed by atoms with van der Waals surface area (Å²) in [5.41, 5.74) is -0.0402. The first kappa shape index (κ1) is 26.5. The highest BCUT2D eigenvalue weighted by atomic mass is 32.2. The monoisotopic (exact) mass is 550 g/mol. The Bertz CT molecular complexity index is 1150. The SMILES string of the molecule is CC(NC(=O)Cn1cnnn1)[C@H]1C(=O)N2C(C(=O)O)=C(S[C@@H]3CN[C@H](C(=O)N4C[C@@H](O)[C@H](O)C4)C3)[C@H](C)[C@H]12. The summed E-state index contributed by atoms with van der Waals surface area (Å²) in [5, 5.41) is 46.0. The second-order valence-electron chi connectivity index (χ2n) is 10.2. The summed E-state index contributed by atoms with van der Waals surface area (Å²) in [6, 6.07) is -1.44. The number of nitrogens with zero attached hydrogens (tertiary/aromatic N) is 6. The van der Waals surface area contributed by atoms with Crippen LogP contribution in [0.2, 0.25) is 0 Å². The number of amides is 3. The van der Waals surface area contributed by atoms with Crippen molar-refractivity contribution >= 4 is 35.5 Å². The van der Waals surface area contributed by atoms with Crippen LogP contribution < -0.4 is 10.6 Å². The van der Waals surface area contributed by atoms with Gasteiger partial charge in [-0.25, -0.2) is 9.48 Å². The van der Waals surface area contributed by atoms with Gasteiger partial charge in [-0.1, -0.05) is 6.92 Å². The largest absolute Gasteiger partial charge is 0.477 e. The van der Waals surface area contributed by atoms with Gasteiger partial charge in [0.1, 0.15) is 18.6 Å². The lowest BCUT2D eigenvalue weighted by atomic mass is 9.78. The number of carbonyl (C=O) groups excluding carboxylic acids is 3. The minimum atomic E-state index is -1.19. The first-order chi connectivity index (χ1) is 18.1. The summed E-state index contributed by atoms with van der Waals surface area (Å²) in [6.07, 6.45) is -0.175. The molecule has 0 aromatic carbocycles. The summed E-state index contributed by atoms with van der Waals surface area (Å²) in [5.74, 6) is -2.98. The molecule has 0 spiro atoms. The molecular formula is C22H30N8O7S. The average molecular weight is 551 g/mol. The number of aliphatic hydroxyl groups excluding tert-OH is 2. The maximum Gasteiger partial charge on any atom is 0.353 e. The summed E-state index contributed by atoms with van der Waals surface area (Å²) in [7, 11) is 0. The number of fused-ring (bicyclic) bond motifs is 1. The van der Waals surface area contributed by atoms with Crippen LogP contribution in [0.15, 0.2) is 16.9 Å². The van der Waals surface area contributed by atoms with Crippen LogP contribution in [0.1, 0.15) is 20.3 Å². The van der Waals surface area contributed by atoms with Gasteiger partial charge in [-0.05, 0) is 23.8 Å². The van der Waals surface area contributed by atoms with E-state index in [0.29, 0.717) is 17.9 Å². The van der Waals surface area contributed by atoms with Gasteiger partial charge in [-0.3, -0.25) is 14.4 Å². The van der Waals surface area contributed by atoms with E-state index in [4.69, 9.17) is 0 Å². The molecule has 38 heavy (non-hydrogen) atoms. The van der Waals surface area contributed by atoms with Crippen molar-refractivity contribution in [3.05, 3.63) is 16.9 Å². The molecular weight excluding hydrogens is 520 g/mol. The quantitative estimate of drug-likeness (QED) is 0.205. The Kier molecular flexibility index (Phi) is 7.15.